The van der Waals surface area contributed by atoms with Crippen LogP contribution in [0, 0.1) is 0 Å². The molecule has 0 unspecified atom stereocenters. The second kappa shape index (κ2) is 6.56. The molecule has 3 nitrogen and oxygen atoms in total. The average molecular weight is 227 g/mol. The summed E-state index contributed by atoms with van der Waals surface area (Å²) in [6, 6.07) is 3.68. The van der Waals surface area contributed by atoms with Crippen LogP contribution >= 0.6 is 11.8 Å². The molecule has 0 aliphatic carbocycles. The van der Waals surface area contributed by atoms with Crippen molar-refractivity contribution in [3.8, 4) is 0 Å². The van der Waals surface area contributed by atoms with Crippen molar-refractivity contribution in [2.24, 2.45) is 0 Å². The fourth-order valence-corrected chi connectivity index (χ4v) is 1.80. The number of aryl methyl sites for hydroxylation is 1. The van der Waals surface area contributed by atoms with Gasteiger partial charge in [-0.05, 0) is 37.5 Å². The van der Waals surface area contributed by atoms with E-state index in [1.54, 1.807) is 6.07 Å². The minimum Gasteiger partial charge on any atom is -0.461 e. The molecule has 0 fully saturated rings. The number of ether oxygens (including phenoxy) is 1. The van der Waals surface area contributed by atoms with Gasteiger partial charge in [-0.3, -0.25) is 0 Å². The Hall–Kier alpha value is -0.900. The molecule has 0 aliphatic rings. The summed E-state index contributed by atoms with van der Waals surface area (Å²) in [4.78, 5) is 11.5. The number of carbonyl (C=O) groups is 1. The molecular weight excluding hydrogens is 210 g/mol. The second-order valence-corrected chi connectivity index (χ2v) is 4.14. The van der Waals surface area contributed by atoms with Crippen LogP contribution in [-0.4, -0.2) is 29.2 Å². The van der Waals surface area contributed by atoms with Crippen molar-refractivity contribution in [3.05, 3.63) is 24.0 Å². The van der Waals surface area contributed by atoms with Gasteiger partial charge in [-0.25, -0.2) is 4.79 Å². The second-order valence-electron chi connectivity index (χ2n) is 3.15. The lowest BCUT2D eigenvalue weighted by Gasteiger charge is -2.07. The van der Waals surface area contributed by atoms with E-state index >= 15 is 0 Å². The van der Waals surface area contributed by atoms with Crippen molar-refractivity contribution in [1.82, 2.24) is 4.57 Å². The number of rotatable bonds is 6. The number of aromatic nitrogens is 1. The summed E-state index contributed by atoms with van der Waals surface area (Å²) in [6.07, 6.45) is 5.08. The van der Waals surface area contributed by atoms with Crippen LogP contribution in [0.5, 0.6) is 0 Å². The van der Waals surface area contributed by atoms with E-state index in [1.807, 2.05) is 35.5 Å². The van der Waals surface area contributed by atoms with Gasteiger partial charge in [0.2, 0.25) is 0 Å². The zero-order chi connectivity index (χ0) is 11.1. The molecule has 0 N–H and O–H groups in total. The zero-order valence-corrected chi connectivity index (χ0v) is 10.0. The molecule has 15 heavy (non-hydrogen) atoms. The molecule has 0 saturated heterocycles. The first-order chi connectivity index (χ1) is 7.29. The van der Waals surface area contributed by atoms with Crippen LogP contribution in [0.25, 0.3) is 0 Å². The van der Waals surface area contributed by atoms with Crippen molar-refractivity contribution in [3.63, 3.8) is 0 Å². The maximum atomic E-state index is 11.5. The van der Waals surface area contributed by atoms with Gasteiger partial charge in [-0.2, -0.15) is 11.8 Å². The molecule has 0 atom stereocenters. The van der Waals surface area contributed by atoms with Gasteiger partial charge in [-0.15, -0.1) is 0 Å². The summed E-state index contributed by atoms with van der Waals surface area (Å²) in [5, 5.41) is 0. The standard InChI is InChI=1S/C11H17NO2S/c1-3-14-11(13)10-6-4-7-12(10)8-5-9-15-2/h4,6-7H,3,5,8-9H2,1-2H3. The first-order valence-corrected chi connectivity index (χ1v) is 6.50. The molecule has 1 aromatic rings. The highest BCUT2D eigenvalue weighted by molar-refractivity contribution is 7.98. The third-order valence-electron chi connectivity index (χ3n) is 2.06. The fraction of sp³-hybridized carbons (Fsp3) is 0.545. The predicted octanol–water partition coefficient (Wildman–Crippen LogP) is 2.42. The first kappa shape index (κ1) is 12.2. The molecule has 0 radical (unpaired) electrons. The molecular formula is C11H17NO2S. The molecule has 4 heteroatoms. The van der Waals surface area contributed by atoms with Gasteiger partial charge in [0.05, 0.1) is 6.61 Å². The van der Waals surface area contributed by atoms with Crippen molar-refractivity contribution in [2.45, 2.75) is 19.9 Å². The molecule has 84 valence electrons. The quantitative estimate of drug-likeness (QED) is 0.552. The minimum absolute atomic E-state index is 0.230. The summed E-state index contributed by atoms with van der Waals surface area (Å²) in [5.74, 6) is 0.882. The Labute approximate surface area is 94.8 Å². The fourth-order valence-electron chi connectivity index (χ4n) is 1.38. The van der Waals surface area contributed by atoms with Crippen LogP contribution in [0.1, 0.15) is 23.8 Å². The lowest BCUT2D eigenvalue weighted by atomic mass is 10.4. The van der Waals surface area contributed by atoms with Crippen molar-refractivity contribution >= 4 is 17.7 Å². The molecule has 0 aromatic carbocycles. The van der Waals surface area contributed by atoms with Gasteiger partial charge in [0.1, 0.15) is 5.69 Å². The van der Waals surface area contributed by atoms with Gasteiger partial charge in [0.25, 0.3) is 0 Å². The SMILES string of the molecule is CCOC(=O)c1cccn1CCCSC. The number of esters is 1. The van der Waals surface area contributed by atoms with Crippen LogP contribution in [0.3, 0.4) is 0 Å². The topological polar surface area (TPSA) is 31.2 Å². The number of thioether (sulfide) groups is 1. The molecule has 0 saturated carbocycles. The number of carbonyl (C=O) groups excluding carboxylic acids is 1. The van der Waals surface area contributed by atoms with E-state index in [0.29, 0.717) is 12.3 Å². The summed E-state index contributed by atoms with van der Waals surface area (Å²) in [5.41, 5.74) is 0.651. The highest BCUT2D eigenvalue weighted by Gasteiger charge is 2.10. The largest absolute Gasteiger partial charge is 0.461 e. The Bertz CT molecular complexity index is 309. The van der Waals surface area contributed by atoms with Crippen molar-refractivity contribution in [2.75, 3.05) is 18.6 Å². The lowest BCUT2D eigenvalue weighted by Crippen LogP contribution is -2.12. The molecule has 0 spiro atoms. The monoisotopic (exact) mass is 227 g/mol. The van der Waals surface area contributed by atoms with Gasteiger partial charge in [0, 0.05) is 12.7 Å². The summed E-state index contributed by atoms with van der Waals surface area (Å²) in [6.45, 7) is 3.12. The normalized spacial score (nSPS) is 10.3. The summed E-state index contributed by atoms with van der Waals surface area (Å²) < 4.78 is 6.92. The van der Waals surface area contributed by atoms with Crippen LogP contribution < -0.4 is 0 Å². The number of hydrogen-bond donors (Lipinski definition) is 0. The Balaban J connectivity index is 2.56. The maximum Gasteiger partial charge on any atom is 0.354 e. The summed E-state index contributed by atoms with van der Waals surface area (Å²) >= 11 is 1.82. The Morgan fingerprint density at radius 1 is 1.60 bits per heavy atom. The Kier molecular flexibility index (Phi) is 5.32. The van der Waals surface area contributed by atoms with Crippen LogP contribution in [-0.2, 0) is 11.3 Å². The zero-order valence-electron chi connectivity index (χ0n) is 9.23. The highest BCUT2D eigenvalue weighted by Crippen LogP contribution is 2.07. The molecule has 0 bridgehead atoms. The van der Waals surface area contributed by atoms with Crippen LogP contribution in [0.15, 0.2) is 18.3 Å². The maximum absolute atomic E-state index is 11.5. The van der Waals surface area contributed by atoms with Gasteiger partial charge in [-0.1, -0.05) is 0 Å². The Morgan fingerprint density at radius 3 is 3.07 bits per heavy atom. The Morgan fingerprint density at radius 2 is 2.40 bits per heavy atom. The van der Waals surface area contributed by atoms with E-state index in [9.17, 15) is 4.79 Å². The molecule has 1 aromatic heterocycles. The third kappa shape index (κ3) is 3.63. The first-order valence-electron chi connectivity index (χ1n) is 5.10. The molecule has 0 aliphatic heterocycles. The molecule has 1 rings (SSSR count). The molecule has 0 amide bonds. The van der Waals surface area contributed by atoms with E-state index < -0.39 is 0 Å². The number of hydrogen-bond acceptors (Lipinski definition) is 3. The van der Waals surface area contributed by atoms with E-state index in [-0.39, 0.29) is 5.97 Å². The summed E-state index contributed by atoms with van der Waals surface area (Å²) in [7, 11) is 0. The minimum atomic E-state index is -0.230. The van der Waals surface area contributed by atoms with Gasteiger partial charge < -0.3 is 9.30 Å². The lowest BCUT2D eigenvalue weighted by molar-refractivity contribution is 0.0513. The molecule has 1 heterocycles. The van der Waals surface area contributed by atoms with Crippen LogP contribution in [0.2, 0.25) is 0 Å². The van der Waals surface area contributed by atoms with E-state index in [1.165, 1.54) is 0 Å². The predicted molar refractivity (Wildman–Crippen MR) is 63.4 cm³/mol. The van der Waals surface area contributed by atoms with Gasteiger partial charge >= 0.3 is 5.97 Å². The van der Waals surface area contributed by atoms with Gasteiger partial charge in [0.15, 0.2) is 0 Å². The van der Waals surface area contributed by atoms with E-state index in [0.717, 1.165) is 18.7 Å². The highest BCUT2D eigenvalue weighted by atomic mass is 32.2. The van der Waals surface area contributed by atoms with Crippen molar-refractivity contribution in [1.29, 1.82) is 0 Å². The van der Waals surface area contributed by atoms with Crippen molar-refractivity contribution < 1.29 is 9.53 Å². The van der Waals surface area contributed by atoms with E-state index in [4.69, 9.17) is 4.74 Å². The number of nitrogens with zero attached hydrogens (tertiary/aromatic N) is 1. The third-order valence-corrected chi connectivity index (χ3v) is 2.76. The smallest absolute Gasteiger partial charge is 0.354 e. The van der Waals surface area contributed by atoms with E-state index in [2.05, 4.69) is 6.26 Å². The average Bonchev–Trinajstić information content (AvgIpc) is 2.67. The van der Waals surface area contributed by atoms with Crippen LogP contribution in [0.4, 0.5) is 0 Å².